The van der Waals surface area contributed by atoms with Crippen LogP contribution in [0.3, 0.4) is 0 Å². The highest BCUT2D eigenvalue weighted by molar-refractivity contribution is 6.11. The molecule has 2 N–H and O–H groups in total. The van der Waals surface area contributed by atoms with Gasteiger partial charge in [0.25, 0.3) is 0 Å². The summed E-state index contributed by atoms with van der Waals surface area (Å²) in [6, 6.07) is 3.96. The first-order chi connectivity index (χ1) is 11.8. The van der Waals surface area contributed by atoms with Gasteiger partial charge in [-0.1, -0.05) is 0 Å². The number of anilines is 1. The first-order valence-corrected chi connectivity index (χ1v) is 7.87. The van der Waals surface area contributed by atoms with E-state index in [-0.39, 0.29) is 18.4 Å². The summed E-state index contributed by atoms with van der Waals surface area (Å²) in [6.07, 6.45) is 8.13. The molecule has 7 nitrogen and oxygen atoms in total. The van der Waals surface area contributed by atoms with E-state index in [1.165, 1.54) is 0 Å². The Hall–Kier alpha value is -3.14. The van der Waals surface area contributed by atoms with Crippen LogP contribution in [0.5, 0.6) is 0 Å². The van der Waals surface area contributed by atoms with E-state index in [0.29, 0.717) is 6.54 Å². The largest absolute Gasteiger partial charge is 0.369 e. The van der Waals surface area contributed by atoms with Crippen LogP contribution in [0.2, 0.25) is 0 Å². The predicted molar refractivity (Wildman–Crippen MR) is 90.3 cm³/mol. The Balaban J connectivity index is 1.69. The lowest BCUT2D eigenvalue weighted by atomic mass is 10.1. The van der Waals surface area contributed by atoms with E-state index in [1.807, 2.05) is 36.9 Å². The van der Waals surface area contributed by atoms with Crippen LogP contribution in [0.15, 0.2) is 30.9 Å². The van der Waals surface area contributed by atoms with Gasteiger partial charge in [0.2, 0.25) is 5.91 Å². The number of rotatable bonds is 3. The van der Waals surface area contributed by atoms with Gasteiger partial charge in [-0.2, -0.15) is 5.26 Å². The zero-order valence-corrected chi connectivity index (χ0v) is 13.0. The fourth-order valence-corrected chi connectivity index (χ4v) is 3.36. The van der Waals surface area contributed by atoms with Crippen molar-refractivity contribution in [3.05, 3.63) is 30.9 Å². The zero-order chi connectivity index (χ0) is 16.5. The quantitative estimate of drug-likeness (QED) is 0.714. The highest BCUT2D eigenvalue weighted by atomic mass is 16.1. The van der Waals surface area contributed by atoms with E-state index < -0.39 is 0 Å². The number of carbonyl (C=O) groups excluding carboxylic acids is 1. The van der Waals surface area contributed by atoms with E-state index in [2.05, 4.69) is 25.2 Å². The van der Waals surface area contributed by atoms with E-state index in [1.54, 1.807) is 0 Å². The van der Waals surface area contributed by atoms with Crippen molar-refractivity contribution in [2.24, 2.45) is 5.92 Å². The van der Waals surface area contributed by atoms with Gasteiger partial charge in [-0.25, -0.2) is 4.98 Å². The van der Waals surface area contributed by atoms with Crippen LogP contribution < -0.4 is 10.2 Å². The van der Waals surface area contributed by atoms with Gasteiger partial charge >= 0.3 is 0 Å². The average Bonchev–Trinajstić information content (AvgIpc) is 3.28. The minimum Gasteiger partial charge on any atom is -0.369 e. The molecule has 0 aromatic carbocycles. The van der Waals surface area contributed by atoms with Gasteiger partial charge < -0.3 is 15.2 Å². The molecule has 1 aliphatic rings. The molecule has 0 bridgehead atoms. The molecule has 0 spiro atoms. The van der Waals surface area contributed by atoms with Crippen molar-refractivity contribution in [2.75, 3.05) is 24.5 Å². The molecule has 24 heavy (non-hydrogen) atoms. The SMILES string of the molecule is N#CCNC(=O)C1CCN(c2cncc3cnc4[nH]ccc4c23)C1. The van der Waals surface area contributed by atoms with Gasteiger partial charge in [0.05, 0.1) is 23.9 Å². The van der Waals surface area contributed by atoms with E-state index in [9.17, 15) is 4.79 Å². The third kappa shape index (κ3) is 2.33. The number of pyridine rings is 2. The van der Waals surface area contributed by atoms with E-state index in [0.717, 1.165) is 40.5 Å². The number of aromatic amines is 1. The molecule has 1 atom stereocenters. The summed E-state index contributed by atoms with van der Waals surface area (Å²) in [6.45, 7) is 1.48. The van der Waals surface area contributed by atoms with Gasteiger partial charge in [-0.15, -0.1) is 0 Å². The first kappa shape index (κ1) is 14.5. The van der Waals surface area contributed by atoms with Crippen LogP contribution in [0.25, 0.3) is 21.8 Å². The topological polar surface area (TPSA) is 97.7 Å². The number of hydrogen-bond donors (Lipinski definition) is 2. The van der Waals surface area contributed by atoms with Crippen LogP contribution in [0.4, 0.5) is 5.69 Å². The Morgan fingerprint density at radius 2 is 2.38 bits per heavy atom. The molecule has 0 saturated carbocycles. The maximum Gasteiger partial charge on any atom is 0.225 e. The molecule has 120 valence electrons. The van der Waals surface area contributed by atoms with E-state index >= 15 is 0 Å². The number of H-pyrrole nitrogens is 1. The smallest absolute Gasteiger partial charge is 0.225 e. The second-order valence-electron chi connectivity index (χ2n) is 5.93. The lowest BCUT2D eigenvalue weighted by molar-refractivity contribution is -0.124. The standard InChI is InChI=1S/C17H16N6O/c18-3-5-21-17(24)11-2-6-23(10-11)14-9-19-7-12-8-22-16-13(15(12)14)1-4-20-16/h1,4,7-9,11H,2,5-6,10H2,(H,20,22)(H,21,24). The minimum atomic E-state index is -0.0999. The summed E-state index contributed by atoms with van der Waals surface area (Å²) >= 11 is 0. The van der Waals surface area contributed by atoms with Gasteiger partial charge in [0, 0.05) is 47.8 Å². The van der Waals surface area contributed by atoms with Crippen molar-refractivity contribution >= 4 is 33.4 Å². The lowest BCUT2D eigenvalue weighted by Gasteiger charge is -2.20. The number of fused-ring (bicyclic) bond motifs is 3. The number of carbonyl (C=O) groups is 1. The normalized spacial score (nSPS) is 17.3. The highest BCUT2D eigenvalue weighted by Gasteiger charge is 2.29. The number of nitrogens with one attached hydrogen (secondary N) is 2. The van der Waals surface area contributed by atoms with Crippen LogP contribution in [-0.4, -0.2) is 40.5 Å². The minimum absolute atomic E-state index is 0.0549. The maximum absolute atomic E-state index is 12.1. The second-order valence-corrected chi connectivity index (χ2v) is 5.93. The summed E-state index contributed by atoms with van der Waals surface area (Å²) in [5.41, 5.74) is 1.87. The van der Waals surface area contributed by atoms with Crippen molar-refractivity contribution in [2.45, 2.75) is 6.42 Å². The van der Waals surface area contributed by atoms with Crippen LogP contribution >= 0.6 is 0 Å². The Kier molecular flexibility index (Phi) is 3.50. The Bertz CT molecular complexity index is 957. The summed E-state index contributed by atoms with van der Waals surface area (Å²) in [4.78, 5) is 26.2. The van der Waals surface area contributed by atoms with Gasteiger partial charge in [-0.05, 0) is 12.5 Å². The number of hydrogen-bond acceptors (Lipinski definition) is 5. The maximum atomic E-state index is 12.1. The molecule has 7 heteroatoms. The highest BCUT2D eigenvalue weighted by Crippen LogP contribution is 2.34. The first-order valence-electron chi connectivity index (χ1n) is 7.87. The lowest BCUT2D eigenvalue weighted by Crippen LogP contribution is -2.33. The monoisotopic (exact) mass is 320 g/mol. The molecule has 3 aromatic heterocycles. The van der Waals surface area contributed by atoms with Crippen molar-refractivity contribution in [3.63, 3.8) is 0 Å². The molecular formula is C17H16N6O. The Morgan fingerprint density at radius 1 is 1.46 bits per heavy atom. The molecule has 1 saturated heterocycles. The number of nitrogens with zero attached hydrogens (tertiary/aromatic N) is 4. The molecule has 3 aromatic rings. The van der Waals surface area contributed by atoms with Crippen molar-refractivity contribution in [1.82, 2.24) is 20.3 Å². The number of aromatic nitrogens is 3. The molecule has 1 unspecified atom stereocenters. The molecule has 1 aliphatic heterocycles. The third-order valence-electron chi connectivity index (χ3n) is 4.52. The van der Waals surface area contributed by atoms with Crippen LogP contribution in [0, 0.1) is 17.2 Å². The van der Waals surface area contributed by atoms with Crippen LogP contribution in [0.1, 0.15) is 6.42 Å². The zero-order valence-electron chi connectivity index (χ0n) is 13.0. The Morgan fingerprint density at radius 3 is 3.25 bits per heavy atom. The van der Waals surface area contributed by atoms with E-state index in [4.69, 9.17) is 5.26 Å². The molecule has 0 aliphatic carbocycles. The number of amides is 1. The summed E-state index contributed by atoms with van der Waals surface area (Å²) in [7, 11) is 0. The molecule has 1 fully saturated rings. The number of nitriles is 1. The molecule has 4 rings (SSSR count). The fraction of sp³-hybridized carbons (Fsp3) is 0.294. The van der Waals surface area contributed by atoms with Crippen molar-refractivity contribution in [3.8, 4) is 6.07 Å². The molecule has 4 heterocycles. The summed E-state index contributed by atoms with van der Waals surface area (Å²) in [5, 5.41) is 14.4. The van der Waals surface area contributed by atoms with Crippen molar-refractivity contribution < 1.29 is 4.79 Å². The second kappa shape index (κ2) is 5.81. The molecule has 0 radical (unpaired) electrons. The third-order valence-corrected chi connectivity index (χ3v) is 4.52. The predicted octanol–water partition coefficient (Wildman–Crippen LogP) is 1.58. The molecule has 1 amide bonds. The Labute approximate surface area is 138 Å². The average molecular weight is 320 g/mol. The molecular weight excluding hydrogens is 304 g/mol. The van der Waals surface area contributed by atoms with Gasteiger partial charge in [-0.3, -0.25) is 9.78 Å². The van der Waals surface area contributed by atoms with Crippen molar-refractivity contribution in [1.29, 1.82) is 5.26 Å². The van der Waals surface area contributed by atoms with Crippen LogP contribution in [-0.2, 0) is 4.79 Å². The fourth-order valence-electron chi connectivity index (χ4n) is 3.36. The van der Waals surface area contributed by atoms with Gasteiger partial charge in [0.15, 0.2) is 0 Å². The summed E-state index contributed by atoms with van der Waals surface area (Å²) in [5.74, 6) is -0.155. The summed E-state index contributed by atoms with van der Waals surface area (Å²) < 4.78 is 0. The van der Waals surface area contributed by atoms with Gasteiger partial charge in [0.1, 0.15) is 12.2 Å².